The van der Waals surface area contributed by atoms with E-state index in [1.165, 1.54) is 23.6 Å². The van der Waals surface area contributed by atoms with Crippen LogP contribution >= 0.6 is 24.4 Å². The Hall–Kier alpha value is -8.23. The predicted molar refractivity (Wildman–Crippen MR) is 418 cm³/mol. The molecule has 1 aromatic carbocycles. The summed E-state index contributed by atoms with van der Waals surface area (Å²) in [6.07, 6.45) is -0.220. The molecule has 1 fully saturated rings. The molecular weight excluding hydrogens is 1480 g/mol. The number of carbonyl (C=O) groups is 15. The zero-order chi connectivity index (χ0) is 84.4. The molecule has 1 saturated heterocycles. The third kappa shape index (κ3) is 33.5. The number of carbonyl (C=O) groups excluding carboxylic acids is 14. The topological polar surface area (TPSA) is 543 Å². The zero-order valence-corrected chi connectivity index (χ0v) is 68.5. The van der Waals surface area contributed by atoms with E-state index >= 15 is 0 Å². The first-order valence-electron chi connectivity index (χ1n) is 37.9. The molecule has 18 atom stereocenters. The summed E-state index contributed by atoms with van der Waals surface area (Å²) in [5.74, 6) is -15.8. The van der Waals surface area contributed by atoms with Crippen molar-refractivity contribution < 1.29 is 97.5 Å². The number of nitrogens with zero attached hydrogens (tertiary/aromatic N) is 1. The highest BCUT2D eigenvalue weighted by molar-refractivity contribution is 7.98. The second kappa shape index (κ2) is 49.3. The second-order valence-electron chi connectivity index (χ2n) is 30.4. The molecule has 35 nitrogen and oxygen atoms in total. The largest absolute Gasteiger partial charge is 0.480 e. The average molecular weight is 1610 g/mol. The first-order valence-corrected chi connectivity index (χ1v) is 39.9. The van der Waals surface area contributed by atoms with Crippen molar-refractivity contribution in [1.82, 2.24) is 74.0 Å². The van der Waals surface area contributed by atoms with E-state index in [-0.39, 0.29) is 74.5 Å². The van der Waals surface area contributed by atoms with Gasteiger partial charge in [0.25, 0.3) is 0 Å². The SMILES string of the molecule is CC[C@H](C)[C@H](NC(=O)[C@H](CS)NC(=O)[C@@H](N)CCSC)C(=O)N[C@@H](Cc1ccccc1)C(=O)N[C@@H](CC(C)C)C(=O)N[C@H](C(=O)N[C@@H](CO)C(=O)N[C@H](C(=O)N[C@@H](CO)C(=O)N[C@H](C(=O)N[C@@H](CC(C)C)C(=O)N[C@@H](CC(C)C)C(=O)N[C@@H](C)C(=O)N[C@@H](CC(C)C)C(=O)N1CCC[C@H]1C(=O)O)[C@@H](C)O)[C@@H](C)O)C(C)C. The minimum atomic E-state index is -1.99. The Balaban J connectivity index is 2.32. The Bertz CT molecular complexity index is 3260. The summed E-state index contributed by atoms with van der Waals surface area (Å²) in [6.45, 7) is 22.1. The molecule has 0 bridgehead atoms. The number of amides is 14. The number of thioether (sulfide) groups is 1. The van der Waals surface area contributed by atoms with Gasteiger partial charge < -0.3 is 105 Å². The molecule has 37 heteroatoms. The number of carboxylic acid groups (broad SMARTS) is 1. The van der Waals surface area contributed by atoms with Gasteiger partial charge in [-0.15, -0.1) is 0 Å². The van der Waals surface area contributed by atoms with Crippen molar-refractivity contribution in [1.29, 1.82) is 0 Å². The van der Waals surface area contributed by atoms with Gasteiger partial charge in [0.15, 0.2) is 0 Å². The average Bonchev–Trinajstić information content (AvgIpc) is 1.81. The van der Waals surface area contributed by atoms with Crippen molar-refractivity contribution in [3.8, 4) is 0 Å². The van der Waals surface area contributed by atoms with Gasteiger partial charge in [-0.2, -0.15) is 24.4 Å². The van der Waals surface area contributed by atoms with Gasteiger partial charge in [-0.1, -0.05) is 120 Å². The van der Waals surface area contributed by atoms with E-state index < -0.39 is 217 Å². The molecule has 20 N–H and O–H groups in total. The molecule has 1 aromatic rings. The summed E-state index contributed by atoms with van der Waals surface area (Å²) in [4.78, 5) is 208. The Morgan fingerprint density at radius 3 is 1.25 bits per heavy atom. The molecule has 0 aliphatic carbocycles. The van der Waals surface area contributed by atoms with E-state index in [0.29, 0.717) is 30.6 Å². The van der Waals surface area contributed by atoms with Gasteiger partial charge in [0.1, 0.15) is 84.6 Å². The van der Waals surface area contributed by atoms with Gasteiger partial charge in [-0.3, -0.25) is 67.1 Å². The monoisotopic (exact) mass is 1610 g/mol. The van der Waals surface area contributed by atoms with Gasteiger partial charge in [-0.25, -0.2) is 4.79 Å². The Labute approximate surface area is 660 Å². The zero-order valence-electron chi connectivity index (χ0n) is 66.8. The number of carboxylic acids is 1. The smallest absolute Gasteiger partial charge is 0.326 e. The van der Waals surface area contributed by atoms with Crippen LogP contribution in [0.4, 0.5) is 0 Å². The lowest BCUT2D eigenvalue weighted by Gasteiger charge is -2.30. The Morgan fingerprint density at radius 1 is 0.468 bits per heavy atom. The van der Waals surface area contributed by atoms with Crippen molar-refractivity contribution >= 4 is 113 Å². The van der Waals surface area contributed by atoms with Gasteiger partial charge in [0.05, 0.1) is 31.5 Å². The highest BCUT2D eigenvalue weighted by Crippen LogP contribution is 2.22. The van der Waals surface area contributed by atoms with Gasteiger partial charge in [0, 0.05) is 18.7 Å². The normalized spacial score (nSPS) is 17.5. The van der Waals surface area contributed by atoms with E-state index in [1.54, 1.807) is 99.6 Å². The van der Waals surface area contributed by atoms with Crippen molar-refractivity contribution in [3.63, 3.8) is 0 Å². The fourth-order valence-electron chi connectivity index (χ4n) is 11.9. The van der Waals surface area contributed by atoms with E-state index in [0.717, 1.165) is 13.8 Å². The summed E-state index contributed by atoms with van der Waals surface area (Å²) in [5.41, 5.74) is 6.65. The third-order valence-corrected chi connectivity index (χ3v) is 19.4. The minimum Gasteiger partial charge on any atom is -0.480 e. The van der Waals surface area contributed by atoms with Crippen LogP contribution in [0.5, 0.6) is 0 Å². The molecule has 111 heavy (non-hydrogen) atoms. The molecule has 14 amide bonds. The highest BCUT2D eigenvalue weighted by Gasteiger charge is 2.42. The van der Waals surface area contributed by atoms with E-state index in [4.69, 9.17) is 5.73 Å². The number of likely N-dealkylation sites (tertiary alicyclic amines) is 1. The van der Waals surface area contributed by atoms with Crippen LogP contribution in [0.1, 0.15) is 161 Å². The fraction of sp³-hybridized carbons (Fsp3) is 0.716. The highest BCUT2D eigenvalue weighted by atomic mass is 32.2. The lowest BCUT2D eigenvalue weighted by atomic mass is 9.96. The maximum atomic E-state index is 14.6. The molecule has 1 aliphatic heterocycles. The standard InChI is InChI=1S/C74H125N15O20S2/c1-17-41(12)57(86-68(102)54(35-110)84-61(95)46(75)25-27-111-16)70(104)80-50(32-45-22-19-18-20-23-45)64(98)78-49(30-38(6)7)65(99)85-56(40(10)11)69(103)82-52(33-90)66(100)88-59(44(15)93)72(106)83-53(34-91)67(101)87-58(43(14)92)71(105)79-48(29-37(4)5)63(97)77-47(28-36(2)3)62(96)76-42(13)60(94)81-51(31-39(8)9)73(107)89-26-21-24-55(89)74(108)109/h18-20,22-23,36-44,46-59,90-93,110H,17,21,24-35,75H2,1-16H3,(H,76,96)(H,77,97)(H,78,98)(H,79,105)(H,80,104)(H,81,94)(H,82,103)(H,83,106)(H,84,95)(H,85,99)(H,86,102)(H,87,101)(H,88,100)(H,108,109)/t41-,42-,43+,44+,46-,47-,48-,49-,50-,51-,52-,53-,54-,55-,56-,57-,58-,59-/m0/s1. The van der Waals surface area contributed by atoms with Crippen molar-refractivity contribution in [3.05, 3.63) is 35.9 Å². The summed E-state index contributed by atoms with van der Waals surface area (Å²) >= 11 is 5.76. The second-order valence-corrected chi connectivity index (χ2v) is 31.8. The van der Waals surface area contributed by atoms with Gasteiger partial charge in [-0.05, 0) is 119 Å². The molecule has 0 radical (unpaired) electrons. The first-order chi connectivity index (χ1) is 52.0. The predicted octanol–water partition coefficient (Wildman–Crippen LogP) is -2.73. The molecule has 0 aromatic heterocycles. The first kappa shape index (κ1) is 98.8. The molecule has 1 aliphatic rings. The number of rotatable bonds is 49. The number of aliphatic carboxylic acids is 1. The van der Waals surface area contributed by atoms with Crippen LogP contribution < -0.4 is 74.9 Å². The lowest BCUT2D eigenvalue weighted by molar-refractivity contribution is -0.149. The summed E-state index contributed by atoms with van der Waals surface area (Å²) in [7, 11) is 0. The number of hydrogen-bond acceptors (Lipinski definition) is 22. The van der Waals surface area contributed by atoms with Gasteiger partial charge >= 0.3 is 5.97 Å². The van der Waals surface area contributed by atoms with Crippen LogP contribution in [-0.4, -0.2) is 259 Å². The van der Waals surface area contributed by atoms with Crippen molar-refractivity contribution in [2.75, 3.05) is 37.5 Å². The fourth-order valence-corrected chi connectivity index (χ4v) is 12.7. The van der Waals surface area contributed by atoms with Crippen LogP contribution in [-0.2, 0) is 78.3 Å². The molecule has 2 rings (SSSR count). The molecule has 1 heterocycles. The third-order valence-electron chi connectivity index (χ3n) is 18.4. The molecule has 0 unspecified atom stereocenters. The van der Waals surface area contributed by atoms with Crippen molar-refractivity contribution in [2.45, 2.75) is 264 Å². The van der Waals surface area contributed by atoms with Gasteiger partial charge in [0.2, 0.25) is 82.7 Å². The van der Waals surface area contributed by atoms with Crippen LogP contribution in [0.2, 0.25) is 0 Å². The van der Waals surface area contributed by atoms with Crippen LogP contribution in [0.3, 0.4) is 0 Å². The maximum absolute atomic E-state index is 14.6. The summed E-state index contributed by atoms with van der Waals surface area (Å²) in [6, 6.07) is -12.9. The quantitative estimate of drug-likeness (QED) is 0.0295. The Morgan fingerprint density at radius 2 is 0.829 bits per heavy atom. The van der Waals surface area contributed by atoms with Crippen LogP contribution in [0.15, 0.2) is 30.3 Å². The van der Waals surface area contributed by atoms with Crippen molar-refractivity contribution in [2.24, 2.45) is 41.2 Å². The molecule has 628 valence electrons. The van der Waals surface area contributed by atoms with E-state index in [9.17, 15) is 97.5 Å². The number of thiol groups is 1. The van der Waals surface area contributed by atoms with E-state index in [1.807, 2.05) is 20.1 Å². The number of aliphatic hydroxyl groups is 4. The number of nitrogens with one attached hydrogen (secondary N) is 13. The lowest BCUT2D eigenvalue weighted by Crippen LogP contribution is -2.64. The Kier molecular flexibility index (Phi) is 43.9. The number of benzene rings is 1. The van der Waals surface area contributed by atoms with Crippen LogP contribution in [0, 0.1) is 35.5 Å². The minimum absolute atomic E-state index is 0.0104. The molecule has 0 spiro atoms. The van der Waals surface area contributed by atoms with Crippen LogP contribution in [0.25, 0.3) is 0 Å². The van der Waals surface area contributed by atoms with E-state index in [2.05, 4.69) is 81.7 Å². The number of aliphatic hydroxyl groups excluding tert-OH is 4. The molecule has 0 saturated carbocycles. The maximum Gasteiger partial charge on any atom is 0.326 e. The molecular formula is C74H125N15O20S2. The number of hydrogen-bond donors (Lipinski definition) is 20. The summed E-state index contributed by atoms with van der Waals surface area (Å²) in [5, 5.41) is 85.0. The summed E-state index contributed by atoms with van der Waals surface area (Å²) < 4.78 is 0. The number of nitrogens with two attached hydrogens (primary N) is 1.